The summed E-state index contributed by atoms with van der Waals surface area (Å²) in [4.78, 5) is 24.9. The van der Waals surface area contributed by atoms with Gasteiger partial charge in [0, 0.05) is 35.4 Å². The molecule has 0 saturated heterocycles. The Morgan fingerprint density at radius 1 is 1.17 bits per heavy atom. The number of hydrogen-bond acceptors (Lipinski definition) is 5. The predicted molar refractivity (Wildman–Crippen MR) is 88.8 cm³/mol. The standard InChI is InChI=1S/C17H15N5O/c1-11-4-5-13(18)9-14(11)16(23)22-17-20-8-6-15(21-17)12-3-2-7-19-10-12/h2-10H,18H2,1H3,(H,20,21,22,23). The zero-order valence-corrected chi connectivity index (χ0v) is 12.5. The van der Waals surface area contributed by atoms with Gasteiger partial charge in [0.25, 0.3) is 5.91 Å². The minimum Gasteiger partial charge on any atom is -0.399 e. The minimum absolute atomic E-state index is 0.234. The van der Waals surface area contributed by atoms with Crippen molar-refractivity contribution in [2.75, 3.05) is 11.1 Å². The fraction of sp³-hybridized carbons (Fsp3) is 0.0588. The van der Waals surface area contributed by atoms with Crippen molar-refractivity contribution in [2.45, 2.75) is 6.92 Å². The lowest BCUT2D eigenvalue weighted by Crippen LogP contribution is -2.15. The zero-order valence-electron chi connectivity index (χ0n) is 12.5. The number of benzene rings is 1. The first kappa shape index (κ1) is 14.6. The van der Waals surface area contributed by atoms with Gasteiger partial charge in [-0.2, -0.15) is 0 Å². The van der Waals surface area contributed by atoms with Crippen LogP contribution in [0.15, 0.2) is 55.0 Å². The highest BCUT2D eigenvalue weighted by molar-refractivity contribution is 6.05. The molecule has 0 spiro atoms. The van der Waals surface area contributed by atoms with Crippen LogP contribution in [0.5, 0.6) is 0 Å². The van der Waals surface area contributed by atoms with E-state index in [2.05, 4.69) is 20.3 Å². The molecule has 6 nitrogen and oxygen atoms in total. The quantitative estimate of drug-likeness (QED) is 0.726. The summed E-state index contributed by atoms with van der Waals surface area (Å²) in [5.41, 5.74) is 9.15. The van der Waals surface area contributed by atoms with Gasteiger partial charge in [-0.3, -0.25) is 15.1 Å². The second-order valence-electron chi connectivity index (χ2n) is 5.04. The highest BCUT2D eigenvalue weighted by atomic mass is 16.1. The molecule has 0 atom stereocenters. The van der Waals surface area contributed by atoms with Gasteiger partial charge in [-0.1, -0.05) is 6.07 Å². The third-order valence-corrected chi connectivity index (χ3v) is 3.34. The number of nitrogens with zero attached hydrogens (tertiary/aromatic N) is 3. The van der Waals surface area contributed by atoms with E-state index < -0.39 is 0 Å². The van der Waals surface area contributed by atoms with E-state index in [-0.39, 0.29) is 11.9 Å². The predicted octanol–water partition coefficient (Wildman–Crippen LogP) is 2.68. The first-order valence-electron chi connectivity index (χ1n) is 7.04. The van der Waals surface area contributed by atoms with Gasteiger partial charge in [0.15, 0.2) is 0 Å². The number of rotatable bonds is 3. The van der Waals surface area contributed by atoms with Crippen molar-refractivity contribution >= 4 is 17.5 Å². The summed E-state index contributed by atoms with van der Waals surface area (Å²) in [7, 11) is 0. The smallest absolute Gasteiger partial charge is 0.258 e. The van der Waals surface area contributed by atoms with Crippen molar-refractivity contribution in [3.63, 3.8) is 0 Å². The van der Waals surface area contributed by atoms with Crippen LogP contribution < -0.4 is 11.1 Å². The third kappa shape index (κ3) is 3.32. The molecule has 6 heteroatoms. The van der Waals surface area contributed by atoms with Crippen molar-refractivity contribution in [2.24, 2.45) is 0 Å². The number of nitrogen functional groups attached to an aromatic ring is 1. The number of amides is 1. The molecule has 0 unspecified atom stereocenters. The van der Waals surface area contributed by atoms with Crippen molar-refractivity contribution in [1.82, 2.24) is 15.0 Å². The summed E-state index contributed by atoms with van der Waals surface area (Å²) in [6, 6.07) is 10.7. The normalized spacial score (nSPS) is 10.3. The molecule has 1 amide bonds. The number of aryl methyl sites for hydroxylation is 1. The van der Waals surface area contributed by atoms with Gasteiger partial charge in [-0.15, -0.1) is 0 Å². The maximum Gasteiger partial charge on any atom is 0.258 e. The first-order valence-corrected chi connectivity index (χ1v) is 7.04. The molecule has 23 heavy (non-hydrogen) atoms. The fourth-order valence-electron chi connectivity index (χ4n) is 2.15. The zero-order chi connectivity index (χ0) is 16.2. The fourth-order valence-corrected chi connectivity index (χ4v) is 2.15. The van der Waals surface area contributed by atoms with Gasteiger partial charge in [0.2, 0.25) is 5.95 Å². The maximum absolute atomic E-state index is 12.4. The van der Waals surface area contributed by atoms with Crippen LogP contribution in [0, 0.1) is 6.92 Å². The van der Waals surface area contributed by atoms with Gasteiger partial charge in [0.1, 0.15) is 0 Å². The van der Waals surface area contributed by atoms with Gasteiger partial charge in [-0.25, -0.2) is 9.97 Å². The molecular weight excluding hydrogens is 290 g/mol. The topological polar surface area (TPSA) is 93.8 Å². The third-order valence-electron chi connectivity index (χ3n) is 3.34. The Morgan fingerprint density at radius 2 is 2.04 bits per heavy atom. The van der Waals surface area contributed by atoms with Crippen LogP contribution in [-0.2, 0) is 0 Å². The van der Waals surface area contributed by atoms with Crippen LogP contribution in [0.1, 0.15) is 15.9 Å². The molecule has 0 radical (unpaired) electrons. The molecule has 2 aromatic heterocycles. The lowest BCUT2D eigenvalue weighted by molar-refractivity contribution is 0.102. The summed E-state index contributed by atoms with van der Waals surface area (Å²) >= 11 is 0. The number of hydrogen-bond donors (Lipinski definition) is 2. The summed E-state index contributed by atoms with van der Waals surface area (Å²) in [5, 5.41) is 2.70. The molecule has 1 aromatic carbocycles. The largest absolute Gasteiger partial charge is 0.399 e. The molecule has 0 aliphatic rings. The number of nitrogens with two attached hydrogens (primary N) is 1. The number of aromatic nitrogens is 3. The minimum atomic E-state index is -0.293. The molecule has 0 bridgehead atoms. The van der Waals surface area contributed by atoms with Crippen molar-refractivity contribution in [1.29, 1.82) is 0 Å². The van der Waals surface area contributed by atoms with Gasteiger partial charge in [0.05, 0.1) is 5.69 Å². The second-order valence-corrected chi connectivity index (χ2v) is 5.04. The number of anilines is 2. The highest BCUT2D eigenvalue weighted by Gasteiger charge is 2.11. The molecule has 0 saturated carbocycles. The molecule has 3 N–H and O–H groups in total. The molecule has 0 aliphatic heterocycles. The average Bonchev–Trinajstić information content (AvgIpc) is 2.58. The van der Waals surface area contributed by atoms with Crippen molar-refractivity contribution in [3.8, 4) is 11.3 Å². The summed E-state index contributed by atoms with van der Waals surface area (Å²) in [5.74, 6) is -0.0590. The molecule has 0 fully saturated rings. The van der Waals surface area contributed by atoms with Crippen LogP contribution in [-0.4, -0.2) is 20.9 Å². The van der Waals surface area contributed by atoms with Gasteiger partial charge in [-0.05, 0) is 42.8 Å². The second kappa shape index (κ2) is 6.23. The maximum atomic E-state index is 12.4. The molecule has 3 aromatic rings. The monoisotopic (exact) mass is 305 g/mol. The van der Waals surface area contributed by atoms with Crippen LogP contribution in [0.4, 0.5) is 11.6 Å². The van der Waals surface area contributed by atoms with Gasteiger partial charge >= 0.3 is 0 Å². The van der Waals surface area contributed by atoms with E-state index in [1.807, 2.05) is 19.1 Å². The molecule has 3 rings (SSSR count). The average molecular weight is 305 g/mol. The van der Waals surface area contributed by atoms with Crippen molar-refractivity contribution < 1.29 is 4.79 Å². The Labute approximate surface area is 133 Å². The van der Waals surface area contributed by atoms with Crippen LogP contribution >= 0.6 is 0 Å². The molecule has 2 heterocycles. The molecular formula is C17H15N5O. The number of carbonyl (C=O) groups excluding carboxylic acids is 1. The first-order chi connectivity index (χ1) is 11.1. The van der Waals surface area contributed by atoms with Crippen LogP contribution in [0.2, 0.25) is 0 Å². The SMILES string of the molecule is Cc1ccc(N)cc1C(=O)Nc1nccc(-c2cccnc2)n1. The number of pyridine rings is 1. The summed E-state index contributed by atoms with van der Waals surface area (Å²) < 4.78 is 0. The van der Waals surface area contributed by atoms with E-state index in [9.17, 15) is 4.79 Å². The molecule has 0 aliphatic carbocycles. The van der Waals surface area contributed by atoms with E-state index in [0.29, 0.717) is 16.9 Å². The summed E-state index contributed by atoms with van der Waals surface area (Å²) in [6.07, 6.45) is 4.99. The van der Waals surface area contributed by atoms with Gasteiger partial charge < -0.3 is 5.73 Å². The Morgan fingerprint density at radius 3 is 2.83 bits per heavy atom. The Kier molecular flexibility index (Phi) is 3.97. The number of nitrogens with one attached hydrogen (secondary N) is 1. The van der Waals surface area contributed by atoms with E-state index in [0.717, 1.165) is 11.1 Å². The highest BCUT2D eigenvalue weighted by Crippen LogP contribution is 2.17. The van der Waals surface area contributed by atoms with E-state index >= 15 is 0 Å². The lowest BCUT2D eigenvalue weighted by Gasteiger charge is -2.08. The Balaban J connectivity index is 1.86. The van der Waals surface area contributed by atoms with Crippen LogP contribution in [0.25, 0.3) is 11.3 Å². The Hall–Kier alpha value is -3.28. The lowest BCUT2D eigenvalue weighted by atomic mass is 10.1. The number of carbonyl (C=O) groups is 1. The molecule has 114 valence electrons. The van der Waals surface area contributed by atoms with Crippen molar-refractivity contribution in [3.05, 3.63) is 66.1 Å². The van der Waals surface area contributed by atoms with E-state index in [1.165, 1.54) is 0 Å². The van der Waals surface area contributed by atoms with E-state index in [1.54, 1.807) is 42.9 Å². The summed E-state index contributed by atoms with van der Waals surface area (Å²) in [6.45, 7) is 1.85. The Bertz CT molecular complexity index is 849. The van der Waals surface area contributed by atoms with Crippen LogP contribution in [0.3, 0.4) is 0 Å². The van der Waals surface area contributed by atoms with E-state index in [4.69, 9.17) is 5.73 Å².